The van der Waals surface area contributed by atoms with Crippen molar-refractivity contribution in [2.45, 2.75) is 37.0 Å². The molecule has 8 heteroatoms. The van der Waals surface area contributed by atoms with Crippen LogP contribution in [-0.4, -0.2) is 17.8 Å². The molecule has 1 saturated carbocycles. The van der Waals surface area contributed by atoms with E-state index in [2.05, 4.69) is 0 Å². The van der Waals surface area contributed by atoms with Gasteiger partial charge in [0.1, 0.15) is 0 Å². The van der Waals surface area contributed by atoms with E-state index in [0.717, 1.165) is 0 Å². The number of allylic oxidation sites excluding steroid dienone is 2. The standard InChI is InChI=1S/C5F8.C3H6/c6-1-2(7)4(10,11)5(12,13)3(1,8)9;1-2-3-1/h;1-3H2. The Morgan fingerprint density at radius 1 is 0.625 bits per heavy atom. The minimum Gasteiger partial charge on any atom is -0.202 e. The predicted molar refractivity (Wildman–Crippen MR) is 37.9 cm³/mol. The summed E-state index contributed by atoms with van der Waals surface area (Å²) in [6.45, 7) is 0. The van der Waals surface area contributed by atoms with Gasteiger partial charge in [0.25, 0.3) is 0 Å². The number of rotatable bonds is 0. The molecule has 0 saturated heterocycles. The summed E-state index contributed by atoms with van der Waals surface area (Å²) >= 11 is 0. The highest BCUT2D eigenvalue weighted by molar-refractivity contribution is 5.32. The van der Waals surface area contributed by atoms with Crippen LogP contribution in [0.3, 0.4) is 0 Å². The molecule has 2 aliphatic carbocycles. The van der Waals surface area contributed by atoms with Crippen LogP contribution in [0, 0.1) is 0 Å². The minimum atomic E-state index is -6.06. The van der Waals surface area contributed by atoms with Gasteiger partial charge in [-0.25, -0.2) is 8.78 Å². The zero-order valence-corrected chi connectivity index (χ0v) is 7.65. The zero-order chi connectivity index (χ0) is 12.8. The van der Waals surface area contributed by atoms with Crippen LogP contribution in [0.1, 0.15) is 19.3 Å². The Labute approximate surface area is 84.9 Å². The van der Waals surface area contributed by atoms with Crippen LogP contribution >= 0.6 is 0 Å². The molecule has 2 aliphatic rings. The van der Waals surface area contributed by atoms with Crippen LogP contribution in [0.15, 0.2) is 11.7 Å². The molecule has 0 aromatic carbocycles. The largest absolute Gasteiger partial charge is 0.385 e. The third-order valence-electron chi connectivity index (χ3n) is 1.89. The van der Waals surface area contributed by atoms with Gasteiger partial charge in [-0.05, 0) is 0 Å². The van der Waals surface area contributed by atoms with Crippen LogP contribution < -0.4 is 0 Å². The number of hydrogen-bond acceptors (Lipinski definition) is 0. The SMILES string of the molecule is C1CC1.FC1=C(F)C(F)(F)C(F)(F)C1(F)F. The van der Waals surface area contributed by atoms with Crippen molar-refractivity contribution in [3.8, 4) is 0 Å². The van der Waals surface area contributed by atoms with Crippen molar-refractivity contribution in [1.82, 2.24) is 0 Å². The van der Waals surface area contributed by atoms with Crippen molar-refractivity contribution in [3.63, 3.8) is 0 Å². The fourth-order valence-corrected chi connectivity index (χ4v) is 0.749. The van der Waals surface area contributed by atoms with Gasteiger partial charge in [-0.3, -0.25) is 0 Å². The van der Waals surface area contributed by atoms with E-state index in [0.29, 0.717) is 0 Å². The lowest BCUT2D eigenvalue weighted by molar-refractivity contribution is -0.271. The van der Waals surface area contributed by atoms with Crippen molar-refractivity contribution in [3.05, 3.63) is 11.7 Å². The Hall–Kier alpha value is -0.820. The fourth-order valence-electron chi connectivity index (χ4n) is 0.749. The highest BCUT2D eigenvalue weighted by atomic mass is 19.4. The van der Waals surface area contributed by atoms with E-state index in [1.807, 2.05) is 0 Å². The summed E-state index contributed by atoms with van der Waals surface area (Å²) in [7, 11) is 0. The third-order valence-corrected chi connectivity index (χ3v) is 1.89. The van der Waals surface area contributed by atoms with Gasteiger partial charge >= 0.3 is 17.8 Å². The second-order valence-corrected chi connectivity index (χ2v) is 3.41. The van der Waals surface area contributed by atoms with E-state index in [1.165, 1.54) is 19.3 Å². The Morgan fingerprint density at radius 2 is 0.875 bits per heavy atom. The monoisotopic (exact) mass is 254 g/mol. The molecule has 0 bridgehead atoms. The van der Waals surface area contributed by atoms with E-state index in [-0.39, 0.29) is 0 Å². The molecular weight excluding hydrogens is 248 g/mol. The second kappa shape index (κ2) is 3.59. The van der Waals surface area contributed by atoms with Gasteiger partial charge in [-0.2, -0.15) is 26.3 Å². The first kappa shape index (κ1) is 13.2. The van der Waals surface area contributed by atoms with E-state index in [1.54, 1.807) is 0 Å². The lowest BCUT2D eigenvalue weighted by atomic mass is 10.2. The number of halogens is 8. The maximum absolute atomic E-state index is 12.0. The first-order valence-corrected chi connectivity index (χ1v) is 4.26. The summed E-state index contributed by atoms with van der Waals surface area (Å²) in [5.74, 6) is -24.5. The summed E-state index contributed by atoms with van der Waals surface area (Å²) in [6.07, 6.45) is 4.50. The molecule has 0 aromatic rings. The molecule has 0 atom stereocenters. The van der Waals surface area contributed by atoms with Crippen LogP contribution in [0.25, 0.3) is 0 Å². The first-order chi connectivity index (χ1) is 7.07. The average molecular weight is 254 g/mol. The molecule has 16 heavy (non-hydrogen) atoms. The van der Waals surface area contributed by atoms with Crippen molar-refractivity contribution < 1.29 is 35.1 Å². The summed E-state index contributed by atoms with van der Waals surface area (Å²) in [5, 5.41) is 0. The minimum absolute atomic E-state index is 1.50. The summed E-state index contributed by atoms with van der Waals surface area (Å²) in [6, 6.07) is 0. The third kappa shape index (κ3) is 1.67. The molecule has 0 aromatic heterocycles. The van der Waals surface area contributed by atoms with Gasteiger partial charge in [0.15, 0.2) is 0 Å². The lowest BCUT2D eigenvalue weighted by Gasteiger charge is -2.22. The first-order valence-electron chi connectivity index (χ1n) is 4.26. The highest BCUT2D eigenvalue weighted by Crippen LogP contribution is 2.59. The van der Waals surface area contributed by atoms with Gasteiger partial charge in [0, 0.05) is 0 Å². The quantitative estimate of drug-likeness (QED) is 0.567. The van der Waals surface area contributed by atoms with Gasteiger partial charge < -0.3 is 0 Å². The van der Waals surface area contributed by atoms with Crippen LogP contribution in [0.2, 0.25) is 0 Å². The van der Waals surface area contributed by atoms with E-state index < -0.39 is 29.4 Å². The maximum Gasteiger partial charge on any atom is 0.385 e. The highest BCUT2D eigenvalue weighted by Gasteiger charge is 2.82. The Bertz CT molecular complexity index is 285. The van der Waals surface area contributed by atoms with Crippen molar-refractivity contribution >= 4 is 0 Å². The molecule has 0 nitrogen and oxygen atoms in total. The molecule has 0 spiro atoms. The van der Waals surface area contributed by atoms with Crippen LogP contribution in [0.5, 0.6) is 0 Å². The van der Waals surface area contributed by atoms with Crippen molar-refractivity contribution in [1.29, 1.82) is 0 Å². The Morgan fingerprint density at radius 3 is 0.938 bits per heavy atom. The van der Waals surface area contributed by atoms with Crippen LogP contribution in [-0.2, 0) is 0 Å². The molecule has 0 aliphatic heterocycles. The second-order valence-electron chi connectivity index (χ2n) is 3.41. The fraction of sp³-hybridized carbons (Fsp3) is 0.750. The Balaban J connectivity index is 0.000000365. The van der Waals surface area contributed by atoms with Crippen LogP contribution in [0.4, 0.5) is 35.1 Å². The number of alkyl halides is 6. The van der Waals surface area contributed by atoms with Gasteiger partial charge in [-0.1, -0.05) is 19.3 Å². The average Bonchev–Trinajstić information content (AvgIpc) is 2.99. The molecule has 1 fully saturated rings. The molecular formula is C8H6F8. The van der Waals surface area contributed by atoms with Gasteiger partial charge in [0.05, 0.1) is 0 Å². The Kier molecular flexibility index (Phi) is 2.98. The normalized spacial score (nSPS) is 28.5. The molecule has 0 N–H and O–H groups in total. The smallest absolute Gasteiger partial charge is 0.202 e. The lowest BCUT2D eigenvalue weighted by Crippen LogP contribution is -2.48. The van der Waals surface area contributed by atoms with Crippen molar-refractivity contribution in [2.24, 2.45) is 0 Å². The maximum atomic E-state index is 12.0. The van der Waals surface area contributed by atoms with Gasteiger partial charge in [-0.15, -0.1) is 0 Å². The topological polar surface area (TPSA) is 0 Å². The molecule has 2 rings (SSSR count). The molecule has 0 radical (unpaired) electrons. The van der Waals surface area contributed by atoms with Crippen molar-refractivity contribution in [2.75, 3.05) is 0 Å². The summed E-state index contributed by atoms with van der Waals surface area (Å²) in [5.41, 5.74) is 0. The predicted octanol–water partition coefficient (Wildman–Crippen LogP) is 4.23. The van der Waals surface area contributed by atoms with E-state index >= 15 is 0 Å². The van der Waals surface area contributed by atoms with E-state index in [4.69, 9.17) is 0 Å². The summed E-state index contributed by atoms with van der Waals surface area (Å²) in [4.78, 5) is 0. The number of hydrogen-bond donors (Lipinski definition) is 0. The molecule has 0 unspecified atom stereocenters. The summed E-state index contributed by atoms with van der Waals surface area (Å²) < 4.78 is 95.6. The molecule has 0 heterocycles. The molecule has 0 amide bonds. The van der Waals surface area contributed by atoms with Gasteiger partial charge in [0.2, 0.25) is 11.7 Å². The van der Waals surface area contributed by atoms with E-state index in [9.17, 15) is 35.1 Å². The molecule has 94 valence electrons. The zero-order valence-electron chi connectivity index (χ0n) is 7.65.